The summed E-state index contributed by atoms with van der Waals surface area (Å²) < 4.78 is 2.05. The van der Waals surface area contributed by atoms with E-state index in [2.05, 4.69) is 24.8 Å². The molecule has 2 N–H and O–H groups in total. The first-order chi connectivity index (χ1) is 11.3. The molecule has 0 unspecified atom stereocenters. The van der Waals surface area contributed by atoms with E-state index >= 15 is 0 Å². The summed E-state index contributed by atoms with van der Waals surface area (Å²) in [6, 6.07) is 1.95. The maximum absolute atomic E-state index is 12.4. The number of rotatable bonds is 4. The molecule has 3 aromatic heterocycles. The first kappa shape index (κ1) is 14.0. The molecule has 1 aliphatic rings. The van der Waals surface area contributed by atoms with Crippen molar-refractivity contribution in [2.75, 3.05) is 6.54 Å². The predicted octanol–water partition coefficient (Wildman–Crippen LogP) is 2.07. The second-order valence-corrected chi connectivity index (χ2v) is 5.91. The van der Waals surface area contributed by atoms with Crippen molar-refractivity contribution in [3.8, 4) is 0 Å². The number of aromatic amines is 1. The molecule has 4 heterocycles. The summed E-state index contributed by atoms with van der Waals surface area (Å²) in [6.07, 6.45) is 11.3. The van der Waals surface area contributed by atoms with E-state index in [0.717, 1.165) is 49.0 Å². The standard InChI is InChI=1S/C17H19N5O/c23-17(15-11-21-16-3-1-2-8-22(15)16)19-7-4-12-9-20-14-5-6-18-10-13(12)14/h5-6,9-11,20H,1-4,7-8H2,(H,19,23). The number of hydrogen-bond acceptors (Lipinski definition) is 3. The molecule has 0 spiro atoms. The second kappa shape index (κ2) is 5.87. The van der Waals surface area contributed by atoms with Crippen LogP contribution < -0.4 is 5.32 Å². The van der Waals surface area contributed by atoms with Crippen molar-refractivity contribution in [2.45, 2.75) is 32.2 Å². The summed E-state index contributed by atoms with van der Waals surface area (Å²) in [4.78, 5) is 24.1. The molecule has 0 aliphatic carbocycles. The minimum atomic E-state index is -0.0383. The van der Waals surface area contributed by atoms with Gasteiger partial charge >= 0.3 is 0 Å². The Labute approximate surface area is 133 Å². The van der Waals surface area contributed by atoms with E-state index in [9.17, 15) is 4.79 Å². The van der Waals surface area contributed by atoms with Crippen LogP contribution >= 0.6 is 0 Å². The van der Waals surface area contributed by atoms with Gasteiger partial charge in [-0.2, -0.15) is 0 Å². The molecule has 3 aromatic rings. The molecule has 0 fully saturated rings. The van der Waals surface area contributed by atoms with Crippen LogP contribution in [0.3, 0.4) is 0 Å². The molecule has 0 aromatic carbocycles. The summed E-state index contributed by atoms with van der Waals surface area (Å²) in [7, 11) is 0. The zero-order chi connectivity index (χ0) is 15.6. The number of pyridine rings is 1. The van der Waals surface area contributed by atoms with Gasteiger partial charge < -0.3 is 14.9 Å². The number of H-pyrrole nitrogens is 1. The number of aryl methyl sites for hydroxylation is 1. The van der Waals surface area contributed by atoms with Crippen LogP contribution in [0.15, 0.2) is 30.9 Å². The van der Waals surface area contributed by atoms with Gasteiger partial charge in [0.25, 0.3) is 5.91 Å². The Morgan fingerprint density at radius 2 is 2.30 bits per heavy atom. The van der Waals surface area contributed by atoms with E-state index in [4.69, 9.17) is 0 Å². The van der Waals surface area contributed by atoms with Crippen LogP contribution in [0.1, 0.15) is 34.7 Å². The summed E-state index contributed by atoms with van der Waals surface area (Å²) in [5.41, 5.74) is 2.93. The minimum absolute atomic E-state index is 0.0383. The van der Waals surface area contributed by atoms with E-state index in [0.29, 0.717) is 12.2 Å². The van der Waals surface area contributed by atoms with E-state index in [1.54, 1.807) is 12.4 Å². The number of fused-ring (bicyclic) bond motifs is 2. The number of amides is 1. The number of hydrogen-bond donors (Lipinski definition) is 2. The van der Waals surface area contributed by atoms with Gasteiger partial charge in [-0.3, -0.25) is 9.78 Å². The Morgan fingerprint density at radius 3 is 3.26 bits per heavy atom. The van der Waals surface area contributed by atoms with Crippen molar-refractivity contribution >= 4 is 16.8 Å². The lowest BCUT2D eigenvalue weighted by molar-refractivity contribution is 0.0943. The third kappa shape index (κ3) is 2.60. The average Bonchev–Trinajstić information content (AvgIpc) is 3.19. The second-order valence-electron chi connectivity index (χ2n) is 5.91. The molecule has 118 valence electrons. The highest BCUT2D eigenvalue weighted by molar-refractivity contribution is 5.92. The SMILES string of the molecule is O=C(NCCc1c[nH]c2ccncc12)c1cnc2n1CCCC2. The third-order valence-electron chi connectivity index (χ3n) is 4.45. The monoisotopic (exact) mass is 309 g/mol. The molecule has 23 heavy (non-hydrogen) atoms. The number of nitrogens with zero attached hydrogens (tertiary/aromatic N) is 3. The van der Waals surface area contributed by atoms with Gasteiger partial charge in [-0.15, -0.1) is 0 Å². The average molecular weight is 309 g/mol. The third-order valence-corrected chi connectivity index (χ3v) is 4.45. The van der Waals surface area contributed by atoms with Crippen molar-refractivity contribution in [2.24, 2.45) is 0 Å². The highest BCUT2D eigenvalue weighted by Crippen LogP contribution is 2.17. The summed E-state index contributed by atoms with van der Waals surface area (Å²) in [6.45, 7) is 1.49. The molecule has 4 rings (SSSR count). The fourth-order valence-electron chi connectivity index (χ4n) is 3.22. The molecular weight excluding hydrogens is 290 g/mol. The molecule has 0 bridgehead atoms. The van der Waals surface area contributed by atoms with Crippen LogP contribution in [0.2, 0.25) is 0 Å². The summed E-state index contributed by atoms with van der Waals surface area (Å²) in [5.74, 6) is 0.993. The Bertz CT molecular complexity index is 848. The predicted molar refractivity (Wildman–Crippen MR) is 87.3 cm³/mol. The van der Waals surface area contributed by atoms with E-state index in [1.165, 1.54) is 5.56 Å². The maximum atomic E-state index is 12.4. The van der Waals surface area contributed by atoms with Gasteiger partial charge in [-0.05, 0) is 30.9 Å². The smallest absolute Gasteiger partial charge is 0.269 e. The van der Waals surface area contributed by atoms with Gasteiger partial charge in [-0.1, -0.05) is 0 Å². The Morgan fingerprint density at radius 1 is 1.35 bits per heavy atom. The van der Waals surface area contributed by atoms with Gasteiger partial charge in [-0.25, -0.2) is 4.98 Å². The van der Waals surface area contributed by atoms with Crippen LogP contribution in [-0.2, 0) is 19.4 Å². The lowest BCUT2D eigenvalue weighted by Gasteiger charge is -2.16. The zero-order valence-electron chi connectivity index (χ0n) is 12.9. The van der Waals surface area contributed by atoms with Crippen LogP contribution in [0.4, 0.5) is 0 Å². The zero-order valence-corrected chi connectivity index (χ0v) is 12.9. The van der Waals surface area contributed by atoms with Crippen LogP contribution in [0.5, 0.6) is 0 Å². The molecule has 0 saturated carbocycles. The van der Waals surface area contributed by atoms with Crippen molar-refractivity contribution in [3.63, 3.8) is 0 Å². The summed E-state index contributed by atoms with van der Waals surface area (Å²) >= 11 is 0. The number of carbonyl (C=O) groups excluding carboxylic acids is 1. The van der Waals surface area contributed by atoms with Gasteiger partial charge in [0.15, 0.2) is 0 Å². The largest absolute Gasteiger partial charge is 0.361 e. The van der Waals surface area contributed by atoms with Crippen LogP contribution in [0.25, 0.3) is 10.9 Å². The van der Waals surface area contributed by atoms with Gasteiger partial charge in [0.05, 0.1) is 6.20 Å². The van der Waals surface area contributed by atoms with E-state index in [-0.39, 0.29) is 5.91 Å². The van der Waals surface area contributed by atoms with Crippen molar-refractivity contribution in [1.29, 1.82) is 0 Å². The quantitative estimate of drug-likeness (QED) is 0.774. The highest BCUT2D eigenvalue weighted by atomic mass is 16.1. The van der Waals surface area contributed by atoms with Crippen molar-refractivity contribution in [1.82, 2.24) is 24.8 Å². The van der Waals surface area contributed by atoms with Gasteiger partial charge in [0.2, 0.25) is 0 Å². The molecule has 0 atom stereocenters. The Hall–Kier alpha value is -2.63. The molecule has 1 aliphatic heterocycles. The van der Waals surface area contributed by atoms with Gasteiger partial charge in [0.1, 0.15) is 11.5 Å². The van der Waals surface area contributed by atoms with Crippen LogP contribution in [0, 0.1) is 0 Å². The molecule has 0 saturated heterocycles. The van der Waals surface area contributed by atoms with Crippen molar-refractivity contribution in [3.05, 3.63) is 47.9 Å². The number of imidazole rings is 1. The summed E-state index contributed by atoms with van der Waals surface area (Å²) in [5, 5.41) is 4.12. The number of nitrogens with one attached hydrogen (secondary N) is 2. The van der Waals surface area contributed by atoms with E-state index in [1.807, 2.05) is 18.5 Å². The number of aromatic nitrogens is 4. The Balaban J connectivity index is 1.41. The maximum Gasteiger partial charge on any atom is 0.269 e. The molecule has 6 nitrogen and oxygen atoms in total. The van der Waals surface area contributed by atoms with E-state index < -0.39 is 0 Å². The first-order valence-electron chi connectivity index (χ1n) is 8.05. The van der Waals surface area contributed by atoms with Crippen LogP contribution in [-0.4, -0.2) is 32.0 Å². The highest BCUT2D eigenvalue weighted by Gasteiger charge is 2.18. The lowest BCUT2D eigenvalue weighted by Crippen LogP contribution is -2.28. The van der Waals surface area contributed by atoms with Gasteiger partial charge in [0, 0.05) is 49.0 Å². The fourth-order valence-corrected chi connectivity index (χ4v) is 3.22. The number of carbonyl (C=O) groups is 1. The van der Waals surface area contributed by atoms with Crippen molar-refractivity contribution < 1.29 is 4.79 Å². The Kier molecular flexibility index (Phi) is 3.57. The molecular formula is C17H19N5O. The fraction of sp³-hybridized carbons (Fsp3) is 0.353. The molecule has 1 amide bonds. The first-order valence-corrected chi connectivity index (χ1v) is 8.05. The molecule has 0 radical (unpaired) electrons. The normalized spacial score (nSPS) is 13.9. The minimum Gasteiger partial charge on any atom is -0.361 e. The lowest BCUT2D eigenvalue weighted by atomic mass is 10.1. The topological polar surface area (TPSA) is 75.6 Å². The molecule has 6 heteroatoms.